The molecule has 3 rings (SSSR count). The molecule has 2 aromatic rings. The SMILES string of the molecule is Cn1cccc1[C@H]1COCCN1C(=O)c1ccc(F)cc1. The Hall–Kier alpha value is -2.14. The van der Waals surface area contributed by atoms with E-state index in [1.807, 2.05) is 29.9 Å². The van der Waals surface area contributed by atoms with Crippen LogP contribution in [0.2, 0.25) is 0 Å². The highest BCUT2D eigenvalue weighted by atomic mass is 19.1. The maximum absolute atomic E-state index is 13.0. The number of rotatable bonds is 2. The summed E-state index contributed by atoms with van der Waals surface area (Å²) in [4.78, 5) is 14.5. The molecule has 0 spiro atoms. The molecule has 0 bridgehead atoms. The molecular formula is C16H17FN2O2. The minimum absolute atomic E-state index is 0.0931. The number of halogens is 1. The monoisotopic (exact) mass is 288 g/mol. The van der Waals surface area contributed by atoms with Crippen molar-refractivity contribution in [2.75, 3.05) is 19.8 Å². The Balaban J connectivity index is 1.89. The first-order valence-electron chi connectivity index (χ1n) is 6.92. The number of amides is 1. The Morgan fingerprint density at radius 1 is 1.29 bits per heavy atom. The van der Waals surface area contributed by atoms with E-state index in [9.17, 15) is 9.18 Å². The van der Waals surface area contributed by atoms with Gasteiger partial charge in [-0.05, 0) is 36.4 Å². The highest BCUT2D eigenvalue weighted by Gasteiger charge is 2.30. The zero-order chi connectivity index (χ0) is 14.8. The van der Waals surface area contributed by atoms with Gasteiger partial charge < -0.3 is 14.2 Å². The largest absolute Gasteiger partial charge is 0.377 e. The Kier molecular flexibility index (Phi) is 3.75. The van der Waals surface area contributed by atoms with Crippen LogP contribution in [0.15, 0.2) is 42.6 Å². The number of aromatic nitrogens is 1. The quantitative estimate of drug-likeness (QED) is 0.850. The van der Waals surface area contributed by atoms with Gasteiger partial charge in [-0.3, -0.25) is 4.79 Å². The summed E-state index contributed by atoms with van der Waals surface area (Å²) in [5.41, 5.74) is 1.53. The van der Waals surface area contributed by atoms with Gasteiger partial charge in [0.05, 0.1) is 19.3 Å². The number of hydrogen-bond donors (Lipinski definition) is 0. The van der Waals surface area contributed by atoms with E-state index < -0.39 is 0 Å². The lowest BCUT2D eigenvalue weighted by molar-refractivity contribution is -0.00463. The van der Waals surface area contributed by atoms with Crippen LogP contribution in [0.5, 0.6) is 0 Å². The molecule has 0 N–H and O–H groups in total. The predicted octanol–water partition coefficient (Wildman–Crippen LogP) is 2.38. The summed E-state index contributed by atoms with van der Waals surface area (Å²) in [5.74, 6) is -0.433. The summed E-state index contributed by atoms with van der Waals surface area (Å²) < 4.78 is 20.5. The smallest absolute Gasteiger partial charge is 0.254 e. The summed E-state index contributed by atoms with van der Waals surface area (Å²) >= 11 is 0. The Labute approximate surface area is 122 Å². The average molecular weight is 288 g/mol. The van der Waals surface area contributed by atoms with E-state index in [1.165, 1.54) is 24.3 Å². The van der Waals surface area contributed by atoms with E-state index in [1.54, 1.807) is 4.90 Å². The Morgan fingerprint density at radius 2 is 2.05 bits per heavy atom. The molecule has 2 heterocycles. The average Bonchev–Trinajstić information content (AvgIpc) is 2.93. The second-order valence-electron chi connectivity index (χ2n) is 5.14. The fourth-order valence-electron chi connectivity index (χ4n) is 2.67. The van der Waals surface area contributed by atoms with Crippen LogP contribution in [0, 0.1) is 5.82 Å². The number of hydrogen-bond acceptors (Lipinski definition) is 2. The molecule has 1 aliphatic heterocycles. The Bertz CT molecular complexity index is 636. The lowest BCUT2D eigenvalue weighted by Crippen LogP contribution is -2.44. The normalized spacial score (nSPS) is 18.8. The van der Waals surface area contributed by atoms with Gasteiger partial charge in [-0.1, -0.05) is 0 Å². The second kappa shape index (κ2) is 5.69. The van der Waals surface area contributed by atoms with Crippen LogP contribution in [-0.2, 0) is 11.8 Å². The molecule has 1 aromatic heterocycles. The van der Waals surface area contributed by atoms with Gasteiger partial charge in [0, 0.05) is 31.0 Å². The molecular weight excluding hydrogens is 271 g/mol. The van der Waals surface area contributed by atoms with Crippen molar-refractivity contribution in [3.63, 3.8) is 0 Å². The van der Waals surface area contributed by atoms with Crippen molar-refractivity contribution in [2.24, 2.45) is 7.05 Å². The van der Waals surface area contributed by atoms with Gasteiger partial charge in [0.15, 0.2) is 0 Å². The number of carbonyl (C=O) groups excluding carboxylic acids is 1. The van der Waals surface area contributed by atoms with Crippen molar-refractivity contribution < 1.29 is 13.9 Å². The van der Waals surface area contributed by atoms with Gasteiger partial charge in [0.2, 0.25) is 0 Å². The maximum Gasteiger partial charge on any atom is 0.254 e. The molecule has 0 radical (unpaired) electrons. The van der Waals surface area contributed by atoms with E-state index in [0.717, 1.165) is 5.69 Å². The highest BCUT2D eigenvalue weighted by Crippen LogP contribution is 2.26. The molecule has 4 nitrogen and oxygen atoms in total. The standard InChI is InChI=1S/C16H17FN2O2/c1-18-8-2-3-14(18)15-11-21-10-9-19(15)16(20)12-4-6-13(17)7-5-12/h2-8,15H,9-11H2,1H3/t15-/m1/s1. The van der Waals surface area contributed by atoms with Crippen molar-refractivity contribution in [2.45, 2.75) is 6.04 Å². The first kappa shape index (κ1) is 13.8. The third-order valence-electron chi connectivity index (χ3n) is 3.81. The van der Waals surface area contributed by atoms with Crippen molar-refractivity contribution in [1.29, 1.82) is 0 Å². The molecule has 110 valence electrons. The minimum Gasteiger partial charge on any atom is -0.377 e. The fourth-order valence-corrected chi connectivity index (χ4v) is 2.67. The van der Waals surface area contributed by atoms with Crippen LogP contribution in [0.1, 0.15) is 22.1 Å². The third-order valence-corrected chi connectivity index (χ3v) is 3.81. The third kappa shape index (κ3) is 2.69. The molecule has 1 atom stereocenters. The van der Waals surface area contributed by atoms with Gasteiger partial charge in [-0.25, -0.2) is 4.39 Å². The molecule has 1 amide bonds. The van der Waals surface area contributed by atoms with Crippen LogP contribution < -0.4 is 0 Å². The van der Waals surface area contributed by atoms with E-state index in [2.05, 4.69) is 0 Å². The molecule has 0 saturated carbocycles. The summed E-state index contributed by atoms with van der Waals surface area (Å²) in [6.45, 7) is 1.53. The van der Waals surface area contributed by atoms with E-state index in [0.29, 0.717) is 25.3 Å². The van der Waals surface area contributed by atoms with Gasteiger partial charge in [0.1, 0.15) is 5.82 Å². The number of morpholine rings is 1. The summed E-state index contributed by atoms with van der Waals surface area (Å²) in [7, 11) is 1.95. The maximum atomic E-state index is 13.0. The van der Waals surface area contributed by atoms with Crippen LogP contribution in [-0.4, -0.2) is 35.1 Å². The number of carbonyl (C=O) groups is 1. The van der Waals surface area contributed by atoms with Gasteiger partial charge >= 0.3 is 0 Å². The number of aryl methyl sites for hydroxylation is 1. The molecule has 1 aliphatic rings. The van der Waals surface area contributed by atoms with Crippen LogP contribution in [0.3, 0.4) is 0 Å². The summed E-state index contributed by atoms with van der Waals surface area (Å²) in [6.07, 6.45) is 1.95. The highest BCUT2D eigenvalue weighted by molar-refractivity contribution is 5.94. The Morgan fingerprint density at radius 3 is 2.71 bits per heavy atom. The van der Waals surface area contributed by atoms with Crippen LogP contribution in [0.4, 0.5) is 4.39 Å². The first-order valence-corrected chi connectivity index (χ1v) is 6.92. The molecule has 21 heavy (non-hydrogen) atoms. The van der Waals surface area contributed by atoms with Gasteiger partial charge in [0.25, 0.3) is 5.91 Å². The van der Waals surface area contributed by atoms with Crippen molar-refractivity contribution in [1.82, 2.24) is 9.47 Å². The predicted molar refractivity (Wildman–Crippen MR) is 76.4 cm³/mol. The van der Waals surface area contributed by atoms with Crippen molar-refractivity contribution >= 4 is 5.91 Å². The molecule has 1 saturated heterocycles. The molecule has 5 heteroatoms. The molecule has 1 aromatic carbocycles. The van der Waals surface area contributed by atoms with Gasteiger partial charge in [-0.2, -0.15) is 0 Å². The van der Waals surface area contributed by atoms with Crippen molar-refractivity contribution in [3.8, 4) is 0 Å². The number of nitrogens with zero attached hydrogens (tertiary/aromatic N) is 2. The summed E-state index contributed by atoms with van der Waals surface area (Å²) in [5, 5.41) is 0. The lowest BCUT2D eigenvalue weighted by atomic mass is 10.1. The molecule has 0 unspecified atom stereocenters. The van der Waals surface area contributed by atoms with Crippen molar-refractivity contribution in [3.05, 3.63) is 59.7 Å². The molecule has 0 aliphatic carbocycles. The number of ether oxygens (including phenoxy) is 1. The minimum atomic E-state index is -0.340. The van der Waals surface area contributed by atoms with Crippen LogP contribution in [0.25, 0.3) is 0 Å². The molecule has 1 fully saturated rings. The van der Waals surface area contributed by atoms with E-state index in [4.69, 9.17) is 4.74 Å². The zero-order valence-corrected chi connectivity index (χ0v) is 11.8. The fraction of sp³-hybridized carbons (Fsp3) is 0.312. The lowest BCUT2D eigenvalue weighted by Gasteiger charge is -2.36. The first-order chi connectivity index (χ1) is 10.2. The van der Waals surface area contributed by atoms with Crippen LogP contribution >= 0.6 is 0 Å². The zero-order valence-electron chi connectivity index (χ0n) is 11.8. The van der Waals surface area contributed by atoms with Gasteiger partial charge in [-0.15, -0.1) is 0 Å². The summed E-state index contributed by atoms with van der Waals surface area (Å²) in [6, 6.07) is 9.49. The topological polar surface area (TPSA) is 34.5 Å². The second-order valence-corrected chi connectivity index (χ2v) is 5.14. The number of benzene rings is 1. The van der Waals surface area contributed by atoms with E-state index >= 15 is 0 Å². The van der Waals surface area contributed by atoms with E-state index in [-0.39, 0.29) is 17.8 Å².